The number of hydrogen-bond donors (Lipinski definition) is 3. The molecule has 0 aromatic heterocycles. The molecule has 0 atom stereocenters. The zero-order valence-corrected chi connectivity index (χ0v) is 19.3. The smallest absolute Gasteiger partial charge is 0.335 e. The average Bonchev–Trinajstić information content (AvgIpc) is 2.82. The van der Waals surface area contributed by atoms with Crippen LogP contribution >= 0.6 is 0 Å². The second-order valence-electron chi connectivity index (χ2n) is 10.4. The van der Waals surface area contributed by atoms with Crippen LogP contribution < -0.4 is 10.2 Å². The summed E-state index contributed by atoms with van der Waals surface area (Å²) in [5.74, 6) is 1.62. The number of carbonyl (C=O) groups excluding carboxylic acids is 1. The van der Waals surface area contributed by atoms with Gasteiger partial charge in [-0.25, -0.2) is 10.3 Å². The Morgan fingerprint density at radius 2 is 1.62 bits per heavy atom. The molecular weight excluding hydrogens is 430 g/mol. The molecule has 3 N–H and O–H groups in total. The summed E-state index contributed by atoms with van der Waals surface area (Å²) >= 11 is 0. The molecule has 2 aromatic carbocycles. The maximum atomic E-state index is 11.4. The largest absolute Gasteiger partial charge is 0.493 e. The minimum Gasteiger partial charge on any atom is -0.493 e. The van der Waals surface area contributed by atoms with Crippen molar-refractivity contribution < 1.29 is 24.6 Å². The van der Waals surface area contributed by atoms with E-state index in [2.05, 4.69) is 18.7 Å². The van der Waals surface area contributed by atoms with Crippen LogP contribution in [-0.4, -0.2) is 28.8 Å². The predicted molar refractivity (Wildman–Crippen MR) is 128 cm³/mol. The lowest BCUT2D eigenvalue weighted by Gasteiger charge is -2.57. The van der Waals surface area contributed by atoms with Crippen molar-refractivity contribution in [1.29, 1.82) is 0 Å². The first-order valence-electron chi connectivity index (χ1n) is 12.1. The molecule has 178 valence electrons. The third-order valence-corrected chi connectivity index (χ3v) is 8.13. The molecular formula is C28H31NO5. The second-order valence-corrected chi connectivity index (χ2v) is 10.4. The number of hydrogen-bond acceptors (Lipinski definition) is 4. The first-order chi connectivity index (χ1) is 16.4. The summed E-state index contributed by atoms with van der Waals surface area (Å²) in [6.45, 7) is 3.86. The summed E-state index contributed by atoms with van der Waals surface area (Å²) in [7, 11) is 0. The van der Waals surface area contributed by atoms with Gasteiger partial charge in [-0.15, -0.1) is 0 Å². The molecule has 6 rings (SSSR count). The molecule has 0 spiro atoms. The maximum absolute atomic E-state index is 11.4. The zero-order chi connectivity index (χ0) is 23.9. The predicted octanol–water partition coefficient (Wildman–Crippen LogP) is 5.19. The van der Waals surface area contributed by atoms with E-state index in [0.29, 0.717) is 5.56 Å². The molecule has 1 amide bonds. The average molecular weight is 462 g/mol. The quantitative estimate of drug-likeness (QED) is 0.286. The van der Waals surface area contributed by atoms with Gasteiger partial charge in [0, 0.05) is 0 Å². The Bertz CT molecular complexity index is 1080. The van der Waals surface area contributed by atoms with Crippen LogP contribution in [-0.2, 0) is 15.0 Å². The molecule has 4 saturated carbocycles. The molecule has 6 nitrogen and oxygen atoms in total. The topological polar surface area (TPSA) is 95.9 Å². The van der Waals surface area contributed by atoms with Gasteiger partial charge in [0.2, 0.25) is 5.91 Å². The molecule has 2 aromatic rings. The molecule has 4 fully saturated rings. The minimum atomic E-state index is -1.02. The van der Waals surface area contributed by atoms with Crippen LogP contribution in [0.2, 0.25) is 0 Å². The monoisotopic (exact) mass is 461 g/mol. The Kier molecular flexibility index (Phi) is 5.94. The first-order valence-corrected chi connectivity index (χ1v) is 12.1. The van der Waals surface area contributed by atoms with Gasteiger partial charge < -0.3 is 9.84 Å². The third-order valence-electron chi connectivity index (χ3n) is 8.13. The van der Waals surface area contributed by atoms with Crippen LogP contribution in [0.3, 0.4) is 0 Å². The van der Waals surface area contributed by atoms with Crippen molar-refractivity contribution in [2.75, 3.05) is 6.61 Å². The fraction of sp³-hybridized carbons (Fsp3) is 0.429. The van der Waals surface area contributed by atoms with Crippen LogP contribution in [0.25, 0.3) is 16.7 Å². The van der Waals surface area contributed by atoms with Gasteiger partial charge in [-0.1, -0.05) is 36.9 Å². The lowest BCUT2D eigenvalue weighted by molar-refractivity contribution is -0.130. The molecule has 4 aliphatic rings. The fourth-order valence-corrected chi connectivity index (χ4v) is 7.04. The number of carboxylic acids is 1. The molecule has 0 unspecified atom stereocenters. The Labute approximate surface area is 199 Å². The molecule has 6 heteroatoms. The van der Waals surface area contributed by atoms with E-state index in [9.17, 15) is 14.7 Å². The molecule has 0 aliphatic heterocycles. The lowest BCUT2D eigenvalue weighted by Crippen LogP contribution is -2.48. The molecule has 0 heterocycles. The van der Waals surface area contributed by atoms with E-state index in [0.717, 1.165) is 34.6 Å². The number of nitrogens with one attached hydrogen (secondary N) is 1. The fourth-order valence-electron chi connectivity index (χ4n) is 7.04. The van der Waals surface area contributed by atoms with Crippen LogP contribution in [0.5, 0.6) is 5.75 Å². The van der Waals surface area contributed by atoms with E-state index in [4.69, 9.17) is 9.94 Å². The number of hydroxylamine groups is 1. The number of benzene rings is 2. The molecule has 0 radical (unpaired) electrons. The summed E-state index contributed by atoms with van der Waals surface area (Å²) in [5.41, 5.74) is 5.99. The van der Waals surface area contributed by atoms with Gasteiger partial charge in [-0.2, -0.15) is 0 Å². The highest BCUT2D eigenvalue weighted by Crippen LogP contribution is 2.62. The molecule has 0 saturated heterocycles. The summed E-state index contributed by atoms with van der Waals surface area (Å²) in [4.78, 5) is 22.7. The molecule has 4 aliphatic carbocycles. The van der Waals surface area contributed by atoms with Gasteiger partial charge in [0.1, 0.15) is 5.75 Å². The van der Waals surface area contributed by atoms with Crippen molar-refractivity contribution in [3.63, 3.8) is 0 Å². The van der Waals surface area contributed by atoms with E-state index in [1.165, 1.54) is 44.1 Å². The van der Waals surface area contributed by atoms with E-state index in [-0.39, 0.29) is 24.0 Å². The SMILES string of the molecule is C=C(C(=O)O)c1ccc(-c2ccc(OCCC(=O)NO)cc2C23CC4CC(CC(C4)C2)C3)cc1. The van der Waals surface area contributed by atoms with Crippen LogP contribution in [0.1, 0.15) is 56.1 Å². The van der Waals surface area contributed by atoms with Crippen LogP contribution in [0.15, 0.2) is 49.0 Å². The van der Waals surface area contributed by atoms with Crippen molar-refractivity contribution in [2.45, 2.75) is 50.4 Å². The first kappa shape index (κ1) is 22.7. The van der Waals surface area contributed by atoms with Crippen molar-refractivity contribution in [3.05, 3.63) is 60.2 Å². The van der Waals surface area contributed by atoms with Gasteiger partial charge in [-0.05, 0) is 96.1 Å². The van der Waals surface area contributed by atoms with Gasteiger partial charge in [0.25, 0.3) is 0 Å². The Morgan fingerprint density at radius 1 is 1.00 bits per heavy atom. The Morgan fingerprint density at radius 3 is 2.18 bits per heavy atom. The van der Waals surface area contributed by atoms with Crippen molar-refractivity contribution in [3.8, 4) is 16.9 Å². The lowest BCUT2D eigenvalue weighted by atomic mass is 9.47. The summed E-state index contributed by atoms with van der Waals surface area (Å²) in [6, 6.07) is 13.8. The number of aliphatic carboxylic acids is 1. The van der Waals surface area contributed by atoms with Crippen LogP contribution in [0.4, 0.5) is 0 Å². The van der Waals surface area contributed by atoms with Crippen molar-refractivity contribution in [1.82, 2.24) is 5.48 Å². The van der Waals surface area contributed by atoms with Gasteiger partial charge in [0.15, 0.2) is 0 Å². The van der Waals surface area contributed by atoms with E-state index >= 15 is 0 Å². The number of ether oxygens (including phenoxy) is 1. The molecule has 34 heavy (non-hydrogen) atoms. The molecule has 4 bridgehead atoms. The minimum absolute atomic E-state index is 0.0832. The summed E-state index contributed by atoms with van der Waals surface area (Å²) < 4.78 is 5.90. The van der Waals surface area contributed by atoms with Crippen molar-refractivity contribution >= 4 is 17.4 Å². The number of amides is 1. The standard InChI is InChI=1S/C28H31NO5/c1-17(27(31)32)21-2-4-22(5-3-21)24-7-6-23(34-9-8-26(30)29-33)13-25(24)28-14-18-10-19(15-28)12-20(11-18)16-28/h2-7,13,18-20,33H,1,8-12,14-16H2,(H,29,30)(H,31,32). The number of rotatable bonds is 8. The Hall–Kier alpha value is -3.12. The van der Waals surface area contributed by atoms with E-state index < -0.39 is 11.9 Å². The van der Waals surface area contributed by atoms with Crippen LogP contribution in [0, 0.1) is 17.8 Å². The highest BCUT2D eigenvalue weighted by molar-refractivity contribution is 6.14. The third kappa shape index (κ3) is 4.23. The van der Waals surface area contributed by atoms with Gasteiger partial charge >= 0.3 is 5.97 Å². The van der Waals surface area contributed by atoms with E-state index in [1.54, 1.807) is 5.48 Å². The second kappa shape index (κ2) is 8.91. The normalized spacial score (nSPS) is 26.8. The highest BCUT2D eigenvalue weighted by Gasteiger charge is 2.52. The maximum Gasteiger partial charge on any atom is 0.335 e. The summed E-state index contributed by atoms with van der Waals surface area (Å²) in [5, 5.41) is 18.0. The highest BCUT2D eigenvalue weighted by atomic mass is 16.5. The zero-order valence-electron chi connectivity index (χ0n) is 19.3. The Balaban J connectivity index is 1.50. The van der Waals surface area contributed by atoms with E-state index in [1.807, 2.05) is 30.3 Å². The van der Waals surface area contributed by atoms with Gasteiger partial charge in [-0.3, -0.25) is 10.0 Å². The number of carbonyl (C=O) groups is 2. The number of carboxylic acid groups (broad SMARTS) is 1. The van der Waals surface area contributed by atoms with Gasteiger partial charge in [0.05, 0.1) is 18.6 Å². The summed E-state index contributed by atoms with van der Waals surface area (Å²) in [6.07, 6.45) is 7.76. The van der Waals surface area contributed by atoms with Crippen molar-refractivity contribution in [2.24, 2.45) is 17.8 Å².